The Morgan fingerprint density at radius 3 is 2.58 bits per heavy atom. The fourth-order valence-corrected chi connectivity index (χ4v) is 3.71. The van der Waals surface area contributed by atoms with Crippen LogP contribution in [0.25, 0.3) is 11.3 Å². The third kappa shape index (κ3) is 3.74. The minimum absolute atomic E-state index is 0.0349. The number of amides is 1. The summed E-state index contributed by atoms with van der Waals surface area (Å²) in [5.74, 6) is -2.93. The van der Waals surface area contributed by atoms with Crippen LogP contribution in [0.5, 0.6) is 5.75 Å². The van der Waals surface area contributed by atoms with E-state index in [1.165, 1.54) is 18.3 Å². The van der Waals surface area contributed by atoms with Crippen molar-refractivity contribution in [3.63, 3.8) is 0 Å². The SMILES string of the molecule is NC(=O)c1ccc(F)c(-c2cnc(NC[C@]3(c4ncccc4F)C[C@H](F)C3)nn2)c1O. The fourth-order valence-electron chi connectivity index (χ4n) is 3.71. The van der Waals surface area contributed by atoms with Crippen molar-refractivity contribution in [2.45, 2.75) is 24.4 Å². The number of anilines is 1. The number of pyridine rings is 1. The van der Waals surface area contributed by atoms with Gasteiger partial charge in [-0.05, 0) is 37.1 Å². The Kier molecular flexibility index (Phi) is 5.17. The summed E-state index contributed by atoms with van der Waals surface area (Å²) in [6, 6.07) is 4.75. The molecule has 0 radical (unpaired) electrons. The highest BCUT2D eigenvalue weighted by Crippen LogP contribution is 2.45. The number of benzene rings is 1. The number of carbonyl (C=O) groups is 1. The van der Waals surface area contributed by atoms with Crippen molar-refractivity contribution in [2.24, 2.45) is 5.73 Å². The molecule has 4 rings (SSSR count). The number of aromatic hydroxyl groups is 1. The first-order valence-corrected chi connectivity index (χ1v) is 9.31. The summed E-state index contributed by atoms with van der Waals surface area (Å²) in [6.07, 6.45) is 1.72. The molecule has 1 aromatic carbocycles. The number of aromatic nitrogens is 4. The second-order valence-corrected chi connectivity index (χ2v) is 7.32. The average Bonchev–Trinajstić information content (AvgIpc) is 2.71. The van der Waals surface area contributed by atoms with E-state index >= 15 is 0 Å². The van der Waals surface area contributed by atoms with E-state index < -0.39 is 34.9 Å². The second kappa shape index (κ2) is 7.82. The standard InChI is InChI=1S/C20H17F3N6O2/c21-10-6-20(7-10,17-13(23)2-1-5-25-17)9-27-19-26-8-14(28-29-19)15-12(22)4-3-11(16(15)30)18(24)31/h1-5,8,10,30H,6-7,9H2,(H2,24,31)(H,26,27,29)/t10-,20-. The van der Waals surface area contributed by atoms with Crippen molar-refractivity contribution in [1.29, 1.82) is 0 Å². The van der Waals surface area contributed by atoms with Crippen molar-refractivity contribution in [3.8, 4) is 17.0 Å². The molecule has 0 atom stereocenters. The maximum Gasteiger partial charge on any atom is 0.252 e. The van der Waals surface area contributed by atoms with Gasteiger partial charge >= 0.3 is 0 Å². The molecule has 0 bridgehead atoms. The van der Waals surface area contributed by atoms with Crippen LogP contribution in [0.2, 0.25) is 0 Å². The zero-order valence-electron chi connectivity index (χ0n) is 16.0. The van der Waals surface area contributed by atoms with Gasteiger partial charge in [-0.2, -0.15) is 0 Å². The topological polar surface area (TPSA) is 127 Å². The molecule has 0 saturated heterocycles. The number of hydrogen-bond acceptors (Lipinski definition) is 7. The van der Waals surface area contributed by atoms with Crippen LogP contribution in [0, 0.1) is 11.6 Å². The van der Waals surface area contributed by atoms with E-state index in [-0.39, 0.29) is 47.8 Å². The molecular formula is C20H17F3N6O2. The number of hydrogen-bond donors (Lipinski definition) is 3. The molecule has 1 aliphatic rings. The Bertz CT molecular complexity index is 1140. The van der Waals surface area contributed by atoms with E-state index in [9.17, 15) is 23.1 Å². The van der Waals surface area contributed by atoms with E-state index in [0.717, 1.165) is 18.3 Å². The van der Waals surface area contributed by atoms with Crippen LogP contribution in [0.15, 0.2) is 36.7 Å². The lowest BCUT2D eigenvalue weighted by atomic mass is 9.65. The van der Waals surface area contributed by atoms with Gasteiger partial charge in [0.15, 0.2) is 0 Å². The molecule has 0 aliphatic heterocycles. The van der Waals surface area contributed by atoms with Crippen LogP contribution in [0.1, 0.15) is 28.9 Å². The Balaban J connectivity index is 1.55. The molecular weight excluding hydrogens is 413 g/mol. The van der Waals surface area contributed by atoms with Gasteiger partial charge in [-0.15, -0.1) is 10.2 Å². The van der Waals surface area contributed by atoms with Crippen LogP contribution >= 0.6 is 0 Å². The smallest absolute Gasteiger partial charge is 0.252 e. The summed E-state index contributed by atoms with van der Waals surface area (Å²) >= 11 is 0. The number of nitrogens with one attached hydrogen (secondary N) is 1. The zero-order chi connectivity index (χ0) is 22.2. The number of alkyl halides is 1. The molecule has 3 aromatic rings. The normalized spacial score (nSPS) is 20.2. The minimum Gasteiger partial charge on any atom is -0.506 e. The molecule has 1 amide bonds. The third-order valence-electron chi connectivity index (χ3n) is 5.28. The van der Waals surface area contributed by atoms with Crippen LogP contribution in [-0.4, -0.2) is 43.9 Å². The van der Waals surface area contributed by atoms with E-state index in [4.69, 9.17) is 5.73 Å². The number of nitrogens with zero attached hydrogens (tertiary/aromatic N) is 4. The molecule has 1 aliphatic carbocycles. The summed E-state index contributed by atoms with van der Waals surface area (Å²) in [5.41, 5.74) is 3.71. The van der Waals surface area contributed by atoms with Crippen molar-refractivity contribution in [2.75, 3.05) is 11.9 Å². The van der Waals surface area contributed by atoms with E-state index in [2.05, 4.69) is 25.5 Å². The van der Waals surface area contributed by atoms with Crippen molar-refractivity contribution >= 4 is 11.9 Å². The predicted molar refractivity (Wildman–Crippen MR) is 104 cm³/mol. The highest BCUT2D eigenvalue weighted by molar-refractivity contribution is 5.97. The Morgan fingerprint density at radius 2 is 1.97 bits per heavy atom. The summed E-state index contributed by atoms with van der Waals surface area (Å²) in [5, 5.41) is 20.7. The number of primary amides is 1. The number of phenols is 1. The fraction of sp³-hybridized carbons (Fsp3) is 0.250. The van der Waals surface area contributed by atoms with Crippen LogP contribution in [-0.2, 0) is 5.41 Å². The molecule has 11 heteroatoms. The zero-order valence-corrected chi connectivity index (χ0v) is 16.0. The van der Waals surface area contributed by atoms with Gasteiger partial charge in [0.2, 0.25) is 5.95 Å². The summed E-state index contributed by atoms with van der Waals surface area (Å²) < 4.78 is 42.1. The molecule has 4 N–H and O–H groups in total. The molecule has 160 valence electrons. The third-order valence-corrected chi connectivity index (χ3v) is 5.28. The van der Waals surface area contributed by atoms with Gasteiger partial charge in [-0.3, -0.25) is 9.78 Å². The van der Waals surface area contributed by atoms with Crippen LogP contribution < -0.4 is 11.1 Å². The summed E-state index contributed by atoms with van der Waals surface area (Å²) in [4.78, 5) is 19.5. The lowest BCUT2D eigenvalue weighted by Gasteiger charge is -2.43. The van der Waals surface area contributed by atoms with Gasteiger partial charge < -0.3 is 16.2 Å². The first-order valence-electron chi connectivity index (χ1n) is 9.31. The van der Waals surface area contributed by atoms with Gasteiger partial charge in [-0.25, -0.2) is 18.2 Å². The van der Waals surface area contributed by atoms with Gasteiger partial charge in [0.25, 0.3) is 5.91 Å². The molecule has 1 fully saturated rings. The molecule has 2 aromatic heterocycles. The molecule has 1 saturated carbocycles. The largest absolute Gasteiger partial charge is 0.506 e. The maximum absolute atomic E-state index is 14.2. The monoisotopic (exact) mass is 430 g/mol. The number of halogens is 3. The van der Waals surface area contributed by atoms with Gasteiger partial charge in [-0.1, -0.05) is 0 Å². The van der Waals surface area contributed by atoms with E-state index in [1.807, 2.05) is 0 Å². The Morgan fingerprint density at radius 1 is 1.19 bits per heavy atom. The van der Waals surface area contributed by atoms with Crippen molar-refractivity contribution < 1.29 is 23.1 Å². The predicted octanol–water partition coefficient (Wildman–Crippen LogP) is 2.50. The van der Waals surface area contributed by atoms with Crippen molar-refractivity contribution in [1.82, 2.24) is 20.2 Å². The van der Waals surface area contributed by atoms with Gasteiger partial charge in [0, 0.05) is 18.2 Å². The van der Waals surface area contributed by atoms with E-state index in [1.54, 1.807) is 0 Å². The van der Waals surface area contributed by atoms with Crippen LogP contribution in [0.3, 0.4) is 0 Å². The molecule has 0 spiro atoms. The van der Waals surface area contributed by atoms with E-state index in [0.29, 0.717) is 0 Å². The Hall–Kier alpha value is -3.76. The highest BCUT2D eigenvalue weighted by atomic mass is 19.1. The first-order chi connectivity index (χ1) is 14.8. The quantitative estimate of drug-likeness (QED) is 0.548. The lowest BCUT2D eigenvalue weighted by molar-refractivity contribution is 0.0963. The number of carbonyl (C=O) groups excluding carboxylic acids is 1. The average molecular weight is 430 g/mol. The van der Waals surface area contributed by atoms with Gasteiger partial charge in [0.05, 0.1) is 23.0 Å². The highest BCUT2D eigenvalue weighted by Gasteiger charge is 2.48. The first kappa shape index (κ1) is 20.5. The molecule has 2 heterocycles. The number of rotatable bonds is 6. The van der Waals surface area contributed by atoms with Gasteiger partial charge in [0.1, 0.15) is 29.2 Å². The summed E-state index contributed by atoms with van der Waals surface area (Å²) in [7, 11) is 0. The molecule has 8 nitrogen and oxygen atoms in total. The Labute approximate surface area is 174 Å². The van der Waals surface area contributed by atoms with Crippen molar-refractivity contribution in [3.05, 3.63) is 59.6 Å². The maximum atomic E-state index is 14.2. The molecule has 0 unspecified atom stereocenters. The van der Waals surface area contributed by atoms with Crippen LogP contribution in [0.4, 0.5) is 19.1 Å². The lowest BCUT2D eigenvalue weighted by Crippen LogP contribution is -2.49. The number of nitrogens with two attached hydrogens (primary N) is 1. The summed E-state index contributed by atoms with van der Waals surface area (Å²) in [6.45, 7) is 0.110. The second-order valence-electron chi connectivity index (χ2n) is 7.32. The minimum atomic E-state index is -1.06. The molecule has 31 heavy (non-hydrogen) atoms.